The van der Waals surface area contributed by atoms with E-state index in [1.807, 2.05) is 42.5 Å². The Labute approximate surface area is 136 Å². The van der Waals surface area contributed by atoms with E-state index in [-0.39, 0.29) is 5.56 Å². The molecule has 23 heavy (non-hydrogen) atoms. The summed E-state index contributed by atoms with van der Waals surface area (Å²) in [5.41, 5.74) is 7.18. The lowest BCUT2D eigenvalue weighted by molar-refractivity contribution is 0.132. The highest BCUT2D eigenvalue weighted by atomic mass is 16.5. The van der Waals surface area contributed by atoms with E-state index < -0.39 is 0 Å². The molecule has 2 rings (SSSR count). The van der Waals surface area contributed by atoms with Crippen molar-refractivity contribution in [2.45, 2.75) is 6.54 Å². The van der Waals surface area contributed by atoms with E-state index in [4.69, 9.17) is 15.2 Å². The second kappa shape index (κ2) is 8.92. The van der Waals surface area contributed by atoms with Gasteiger partial charge in [0.2, 0.25) is 0 Å². The summed E-state index contributed by atoms with van der Waals surface area (Å²) in [7, 11) is 1.64. The van der Waals surface area contributed by atoms with Crippen molar-refractivity contribution < 1.29 is 9.47 Å². The molecule has 2 aromatic rings. The molecule has 0 saturated heterocycles. The van der Waals surface area contributed by atoms with Gasteiger partial charge in [-0.3, -0.25) is 4.79 Å². The lowest BCUT2D eigenvalue weighted by Crippen LogP contribution is -2.22. The number of methoxy groups -OCH3 is 1. The molecule has 2 N–H and O–H groups in total. The van der Waals surface area contributed by atoms with Crippen molar-refractivity contribution in [3.05, 3.63) is 64.1 Å². The lowest BCUT2D eigenvalue weighted by Gasteiger charge is -2.06. The number of ether oxygens (including phenoxy) is 2. The molecule has 1 aromatic carbocycles. The molecule has 0 amide bonds. The fraction of sp³-hybridized carbons (Fsp3) is 0.278. The Bertz CT molecular complexity index is 707. The molecule has 5 heteroatoms. The Kier molecular flexibility index (Phi) is 6.59. The zero-order valence-corrected chi connectivity index (χ0v) is 13.3. The minimum atomic E-state index is -0.0471. The molecule has 0 saturated carbocycles. The Balaban J connectivity index is 2.02. The molecular weight excluding hydrogens is 292 g/mol. The van der Waals surface area contributed by atoms with Gasteiger partial charge in [0.1, 0.15) is 5.75 Å². The molecule has 122 valence electrons. The van der Waals surface area contributed by atoms with Crippen LogP contribution in [0, 0.1) is 0 Å². The maximum atomic E-state index is 12.0. The third-order valence-electron chi connectivity index (χ3n) is 3.32. The summed E-state index contributed by atoms with van der Waals surface area (Å²) in [5, 5.41) is 0. The van der Waals surface area contributed by atoms with Crippen LogP contribution in [0.1, 0.15) is 11.1 Å². The summed E-state index contributed by atoms with van der Waals surface area (Å²) in [6.45, 7) is 2.01. The van der Waals surface area contributed by atoms with Crippen LogP contribution in [0.5, 0.6) is 5.75 Å². The van der Waals surface area contributed by atoms with E-state index in [0.717, 1.165) is 16.9 Å². The van der Waals surface area contributed by atoms with E-state index in [1.165, 1.54) is 0 Å². The monoisotopic (exact) mass is 314 g/mol. The average molecular weight is 314 g/mol. The number of nitrogens with two attached hydrogens (primary N) is 1. The molecule has 0 aliphatic heterocycles. The van der Waals surface area contributed by atoms with Gasteiger partial charge in [-0.15, -0.1) is 0 Å². The largest absolute Gasteiger partial charge is 0.497 e. The van der Waals surface area contributed by atoms with Crippen LogP contribution in [0.3, 0.4) is 0 Å². The average Bonchev–Trinajstić information content (AvgIpc) is 2.58. The predicted molar refractivity (Wildman–Crippen MR) is 92.5 cm³/mol. The van der Waals surface area contributed by atoms with Crippen molar-refractivity contribution in [1.29, 1.82) is 0 Å². The highest BCUT2D eigenvalue weighted by molar-refractivity contribution is 5.69. The normalized spacial score (nSPS) is 11.0. The van der Waals surface area contributed by atoms with Crippen LogP contribution in [-0.2, 0) is 11.3 Å². The SMILES string of the molecule is COc1cccc(/C=C/c2ccn(CCOCCN)c(=O)c2)c1. The first-order chi connectivity index (χ1) is 11.2. The van der Waals surface area contributed by atoms with Gasteiger partial charge >= 0.3 is 0 Å². The van der Waals surface area contributed by atoms with Crippen molar-refractivity contribution in [3.8, 4) is 5.75 Å². The summed E-state index contributed by atoms with van der Waals surface area (Å²) in [5.74, 6) is 0.806. The second-order valence-electron chi connectivity index (χ2n) is 5.00. The van der Waals surface area contributed by atoms with Crippen molar-refractivity contribution in [2.75, 3.05) is 26.9 Å². The molecule has 0 spiro atoms. The molecule has 5 nitrogen and oxygen atoms in total. The van der Waals surface area contributed by atoms with E-state index in [9.17, 15) is 4.79 Å². The fourth-order valence-corrected chi connectivity index (χ4v) is 2.10. The number of rotatable bonds is 8. The van der Waals surface area contributed by atoms with Crippen LogP contribution in [0.25, 0.3) is 12.2 Å². The van der Waals surface area contributed by atoms with Gasteiger partial charge in [0.25, 0.3) is 5.56 Å². The first kappa shape index (κ1) is 17.0. The fourth-order valence-electron chi connectivity index (χ4n) is 2.10. The molecule has 1 heterocycles. The number of nitrogens with zero attached hydrogens (tertiary/aromatic N) is 1. The standard InChI is InChI=1S/C18H22N2O3/c1-22-17-4-2-3-15(13-17)5-6-16-7-9-20(18(21)14-16)10-12-23-11-8-19/h2-7,9,13-14H,8,10-12,19H2,1H3/b6-5+. The minimum absolute atomic E-state index is 0.0471. The van der Waals surface area contributed by atoms with Crippen molar-refractivity contribution >= 4 is 12.2 Å². The maximum absolute atomic E-state index is 12.0. The van der Waals surface area contributed by atoms with Crippen LogP contribution in [0.2, 0.25) is 0 Å². The molecule has 0 fully saturated rings. The molecule has 0 aliphatic carbocycles. The summed E-state index contributed by atoms with van der Waals surface area (Å²) in [6, 6.07) is 11.3. The zero-order chi connectivity index (χ0) is 16.5. The van der Waals surface area contributed by atoms with Gasteiger partial charge in [-0.2, -0.15) is 0 Å². The number of hydrogen-bond acceptors (Lipinski definition) is 4. The van der Waals surface area contributed by atoms with E-state index in [2.05, 4.69) is 0 Å². The summed E-state index contributed by atoms with van der Waals surface area (Å²) in [4.78, 5) is 12.0. The van der Waals surface area contributed by atoms with Crippen LogP contribution >= 0.6 is 0 Å². The predicted octanol–water partition coefficient (Wildman–Crippen LogP) is 2.00. The lowest BCUT2D eigenvalue weighted by atomic mass is 10.1. The third kappa shape index (κ3) is 5.39. The van der Waals surface area contributed by atoms with E-state index >= 15 is 0 Å². The van der Waals surface area contributed by atoms with Gasteiger partial charge in [-0.05, 0) is 29.3 Å². The maximum Gasteiger partial charge on any atom is 0.251 e. The van der Waals surface area contributed by atoms with Crippen LogP contribution in [0.4, 0.5) is 0 Å². The highest BCUT2D eigenvalue weighted by Crippen LogP contribution is 2.14. The Morgan fingerprint density at radius 2 is 1.91 bits per heavy atom. The molecule has 0 atom stereocenters. The summed E-state index contributed by atoms with van der Waals surface area (Å²) >= 11 is 0. The molecule has 1 aromatic heterocycles. The van der Waals surface area contributed by atoms with Gasteiger partial charge in [0.05, 0.1) is 20.3 Å². The van der Waals surface area contributed by atoms with E-state index in [1.54, 1.807) is 23.9 Å². The van der Waals surface area contributed by atoms with Crippen molar-refractivity contribution in [1.82, 2.24) is 4.57 Å². The number of aromatic nitrogens is 1. The van der Waals surface area contributed by atoms with Gasteiger partial charge in [0, 0.05) is 25.4 Å². The highest BCUT2D eigenvalue weighted by Gasteiger charge is 1.98. The van der Waals surface area contributed by atoms with Crippen LogP contribution < -0.4 is 16.0 Å². The number of hydrogen-bond donors (Lipinski definition) is 1. The Hall–Kier alpha value is -2.37. The van der Waals surface area contributed by atoms with Crippen molar-refractivity contribution in [3.63, 3.8) is 0 Å². The number of benzene rings is 1. The van der Waals surface area contributed by atoms with Crippen LogP contribution in [0.15, 0.2) is 47.4 Å². The van der Waals surface area contributed by atoms with Gasteiger partial charge in [-0.25, -0.2) is 0 Å². The first-order valence-corrected chi connectivity index (χ1v) is 7.53. The smallest absolute Gasteiger partial charge is 0.251 e. The topological polar surface area (TPSA) is 66.5 Å². The summed E-state index contributed by atoms with van der Waals surface area (Å²) in [6.07, 6.45) is 5.64. The first-order valence-electron chi connectivity index (χ1n) is 7.53. The number of pyridine rings is 1. The quantitative estimate of drug-likeness (QED) is 0.757. The van der Waals surface area contributed by atoms with Crippen molar-refractivity contribution in [2.24, 2.45) is 5.73 Å². The van der Waals surface area contributed by atoms with Gasteiger partial charge in [0.15, 0.2) is 0 Å². The molecule has 0 bridgehead atoms. The molecular formula is C18H22N2O3. The van der Waals surface area contributed by atoms with E-state index in [0.29, 0.717) is 26.3 Å². The molecule has 0 unspecified atom stereocenters. The van der Waals surface area contributed by atoms with Gasteiger partial charge < -0.3 is 19.8 Å². The summed E-state index contributed by atoms with van der Waals surface area (Å²) < 4.78 is 12.1. The molecule has 0 radical (unpaired) electrons. The third-order valence-corrected chi connectivity index (χ3v) is 3.32. The second-order valence-corrected chi connectivity index (χ2v) is 5.00. The zero-order valence-electron chi connectivity index (χ0n) is 13.3. The Morgan fingerprint density at radius 3 is 2.61 bits per heavy atom. The Morgan fingerprint density at radius 1 is 1.13 bits per heavy atom. The van der Waals surface area contributed by atoms with Crippen LogP contribution in [-0.4, -0.2) is 31.4 Å². The molecule has 0 aliphatic rings. The van der Waals surface area contributed by atoms with Gasteiger partial charge in [-0.1, -0.05) is 24.3 Å². The minimum Gasteiger partial charge on any atom is -0.497 e.